The van der Waals surface area contributed by atoms with Crippen LogP contribution in [0, 0.1) is 0 Å². The fourth-order valence-electron chi connectivity index (χ4n) is 1.54. The van der Waals surface area contributed by atoms with Crippen LogP contribution in [0.3, 0.4) is 0 Å². The number of pyridine rings is 1. The molecule has 2 aromatic heterocycles. The Bertz CT molecular complexity index is 542. The molecule has 0 saturated heterocycles. The molecule has 0 aliphatic rings. The monoisotopic (exact) mass is 231 g/mol. The highest BCUT2D eigenvalue weighted by Crippen LogP contribution is 2.11. The number of hydrogen-bond donors (Lipinski definition) is 2. The molecule has 6 nitrogen and oxygen atoms in total. The third-order valence-electron chi connectivity index (χ3n) is 2.23. The van der Waals surface area contributed by atoms with Gasteiger partial charge in [0, 0.05) is 24.9 Å². The molecule has 2 rings (SSSR count). The Morgan fingerprint density at radius 2 is 2.18 bits per heavy atom. The summed E-state index contributed by atoms with van der Waals surface area (Å²) in [5.41, 5.74) is 6.43. The van der Waals surface area contributed by atoms with Crippen LogP contribution in [-0.2, 0) is 4.79 Å². The average Bonchev–Trinajstić information content (AvgIpc) is 2.27. The van der Waals surface area contributed by atoms with Crippen molar-refractivity contribution < 1.29 is 4.79 Å². The number of primary amides is 1. The van der Waals surface area contributed by atoms with Crippen LogP contribution in [0.25, 0.3) is 11.2 Å². The average molecular weight is 231 g/mol. The Morgan fingerprint density at radius 1 is 1.41 bits per heavy atom. The maximum atomic E-state index is 10.8. The number of anilines is 1. The number of aromatic nitrogens is 3. The lowest BCUT2D eigenvalue weighted by Gasteiger charge is -2.12. The van der Waals surface area contributed by atoms with Gasteiger partial charge in [0.2, 0.25) is 5.91 Å². The van der Waals surface area contributed by atoms with Crippen molar-refractivity contribution in [2.24, 2.45) is 5.73 Å². The Kier molecular flexibility index (Phi) is 3.13. The summed E-state index contributed by atoms with van der Waals surface area (Å²) in [5.74, 6) is 0.317. The zero-order valence-corrected chi connectivity index (χ0v) is 9.42. The molecule has 2 heterocycles. The minimum absolute atomic E-state index is 0.0610. The van der Waals surface area contributed by atoms with Gasteiger partial charge in [0.05, 0.1) is 0 Å². The highest BCUT2D eigenvalue weighted by molar-refractivity contribution is 5.75. The predicted octanol–water partition coefficient (Wildman–Crippen LogP) is 0.701. The molecule has 1 unspecified atom stereocenters. The molecule has 0 aliphatic heterocycles. The van der Waals surface area contributed by atoms with Gasteiger partial charge < -0.3 is 11.1 Å². The first-order valence-electron chi connectivity index (χ1n) is 5.28. The Labute approximate surface area is 98.3 Å². The number of amides is 1. The van der Waals surface area contributed by atoms with E-state index in [0.29, 0.717) is 11.5 Å². The summed E-state index contributed by atoms with van der Waals surface area (Å²) in [5, 5.41) is 3.09. The minimum Gasteiger partial charge on any atom is -0.370 e. The van der Waals surface area contributed by atoms with Crippen LogP contribution in [0.5, 0.6) is 0 Å². The highest BCUT2D eigenvalue weighted by Gasteiger charge is 2.07. The Morgan fingerprint density at radius 3 is 2.94 bits per heavy atom. The second-order valence-corrected chi connectivity index (χ2v) is 3.81. The standard InChI is InChI=1S/C11H13N5O/c1-7(6-9(12)17)15-10-3-2-8-11(16-10)14-5-4-13-8/h2-5,7H,6H2,1H3,(H2,12,17)(H,14,15,16). The molecular formula is C11H13N5O. The van der Waals surface area contributed by atoms with Crippen molar-refractivity contribution in [1.82, 2.24) is 15.0 Å². The largest absolute Gasteiger partial charge is 0.370 e. The molecule has 0 saturated carbocycles. The summed E-state index contributed by atoms with van der Waals surface area (Å²) in [6.45, 7) is 1.87. The number of nitrogens with two attached hydrogens (primary N) is 1. The van der Waals surface area contributed by atoms with Gasteiger partial charge in [-0.1, -0.05) is 0 Å². The van der Waals surface area contributed by atoms with Gasteiger partial charge in [-0.25, -0.2) is 9.97 Å². The van der Waals surface area contributed by atoms with Crippen LogP contribution < -0.4 is 11.1 Å². The first-order valence-corrected chi connectivity index (χ1v) is 5.28. The zero-order valence-electron chi connectivity index (χ0n) is 9.42. The fraction of sp³-hybridized carbons (Fsp3) is 0.273. The number of rotatable bonds is 4. The molecule has 88 valence electrons. The second kappa shape index (κ2) is 4.73. The lowest BCUT2D eigenvalue weighted by molar-refractivity contribution is -0.118. The number of carbonyl (C=O) groups is 1. The van der Waals surface area contributed by atoms with Crippen molar-refractivity contribution in [2.75, 3.05) is 5.32 Å². The third kappa shape index (κ3) is 2.87. The lowest BCUT2D eigenvalue weighted by atomic mass is 10.2. The van der Waals surface area contributed by atoms with Crippen LogP contribution >= 0.6 is 0 Å². The van der Waals surface area contributed by atoms with E-state index in [1.807, 2.05) is 13.0 Å². The van der Waals surface area contributed by atoms with Crippen LogP contribution in [-0.4, -0.2) is 26.9 Å². The van der Waals surface area contributed by atoms with Gasteiger partial charge in [0.1, 0.15) is 11.3 Å². The third-order valence-corrected chi connectivity index (χ3v) is 2.23. The van der Waals surface area contributed by atoms with Crippen LogP contribution in [0.2, 0.25) is 0 Å². The van der Waals surface area contributed by atoms with Gasteiger partial charge in [-0.2, -0.15) is 0 Å². The van der Waals surface area contributed by atoms with E-state index in [1.165, 1.54) is 0 Å². The molecule has 0 aromatic carbocycles. The van der Waals surface area contributed by atoms with Crippen LogP contribution in [0.4, 0.5) is 5.82 Å². The first-order chi connectivity index (χ1) is 8.15. The number of nitrogens with one attached hydrogen (secondary N) is 1. The molecule has 1 amide bonds. The van der Waals surface area contributed by atoms with E-state index >= 15 is 0 Å². The number of fused-ring (bicyclic) bond motifs is 1. The summed E-state index contributed by atoms with van der Waals surface area (Å²) in [6, 6.07) is 3.57. The molecule has 1 atom stereocenters. The molecule has 2 aromatic rings. The van der Waals surface area contributed by atoms with Gasteiger partial charge in [-0.15, -0.1) is 0 Å². The maximum Gasteiger partial charge on any atom is 0.219 e. The van der Waals surface area contributed by atoms with Gasteiger partial charge in [0.25, 0.3) is 0 Å². The molecule has 3 N–H and O–H groups in total. The van der Waals surface area contributed by atoms with E-state index in [9.17, 15) is 4.79 Å². The Hall–Kier alpha value is -2.24. The van der Waals surface area contributed by atoms with Gasteiger partial charge in [-0.05, 0) is 19.1 Å². The van der Waals surface area contributed by atoms with Crippen molar-refractivity contribution in [3.63, 3.8) is 0 Å². The van der Waals surface area contributed by atoms with Crippen molar-refractivity contribution >= 4 is 22.9 Å². The molecule has 0 spiro atoms. The normalized spacial score (nSPS) is 12.3. The van der Waals surface area contributed by atoms with Crippen molar-refractivity contribution in [3.8, 4) is 0 Å². The molecule has 0 radical (unpaired) electrons. The fourth-order valence-corrected chi connectivity index (χ4v) is 1.54. The van der Waals surface area contributed by atoms with Crippen molar-refractivity contribution in [1.29, 1.82) is 0 Å². The van der Waals surface area contributed by atoms with Gasteiger partial charge >= 0.3 is 0 Å². The minimum atomic E-state index is -0.342. The van der Waals surface area contributed by atoms with E-state index < -0.39 is 0 Å². The molecule has 17 heavy (non-hydrogen) atoms. The molecular weight excluding hydrogens is 218 g/mol. The van der Waals surface area contributed by atoms with Crippen LogP contribution in [0.15, 0.2) is 24.5 Å². The number of hydrogen-bond acceptors (Lipinski definition) is 5. The van der Waals surface area contributed by atoms with E-state index in [-0.39, 0.29) is 18.4 Å². The maximum absolute atomic E-state index is 10.8. The van der Waals surface area contributed by atoms with Crippen molar-refractivity contribution in [2.45, 2.75) is 19.4 Å². The van der Waals surface area contributed by atoms with Gasteiger partial charge in [0.15, 0.2) is 5.65 Å². The summed E-state index contributed by atoms with van der Waals surface area (Å²) >= 11 is 0. The number of nitrogens with zero attached hydrogens (tertiary/aromatic N) is 3. The predicted molar refractivity (Wildman–Crippen MR) is 64.2 cm³/mol. The summed E-state index contributed by atoms with van der Waals surface area (Å²) in [4.78, 5) is 23.3. The molecule has 0 fully saturated rings. The van der Waals surface area contributed by atoms with E-state index in [4.69, 9.17) is 5.73 Å². The SMILES string of the molecule is CC(CC(N)=O)Nc1ccc2nccnc2n1. The smallest absolute Gasteiger partial charge is 0.219 e. The summed E-state index contributed by atoms with van der Waals surface area (Å²) in [6.07, 6.45) is 3.47. The quantitative estimate of drug-likeness (QED) is 0.807. The zero-order chi connectivity index (χ0) is 12.3. The van der Waals surface area contributed by atoms with E-state index in [1.54, 1.807) is 18.5 Å². The lowest BCUT2D eigenvalue weighted by Crippen LogP contribution is -2.24. The first kappa shape index (κ1) is 11.3. The number of carbonyl (C=O) groups excluding carboxylic acids is 1. The van der Waals surface area contributed by atoms with Crippen molar-refractivity contribution in [3.05, 3.63) is 24.5 Å². The second-order valence-electron chi connectivity index (χ2n) is 3.81. The van der Waals surface area contributed by atoms with E-state index in [0.717, 1.165) is 5.52 Å². The van der Waals surface area contributed by atoms with Crippen LogP contribution in [0.1, 0.15) is 13.3 Å². The topological polar surface area (TPSA) is 93.8 Å². The van der Waals surface area contributed by atoms with E-state index in [2.05, 4.69) is 20.3 Å². The summed E-state index contributed by atoms with van der Waals surface area (Å²) < 4.78 is 0. The highest BCUT2D eigenvalue weighted by atomic mass is 16.1. The molecule has 6 heteroatoms. The molecule has 0 aliphatic carbocycles. The molecule has 0 bridgehead atoms. The van der Waals surface area contributed by atoms with Gasteiger partial charge in [-0.3, -0.25) is 9.78 Å². The Balaban J connectivity index is 2.16. The summed E-state index contributed by atoms with van der Waals surface area (Å²) in [7, 11) is 0.